The van der Waals surface area contributed by atoms with Gasteiger partial charge in [0.25, 0.3) is 0 Å². The standard InChI is InChI=1S/C18H27FN6O.ClH/c1-3-4-17(18-20-21-22-25(18)13-14-26-2)24-11-9-23(10-12-24)16-7-5-15(19)6-8-16;/h5-8,17H,3-4,9-14H2,1-2H3;1H. The minimum absolute atomic E-state index is 0. The van der Waals surface area contributed by atoms with Crippen LogP contribution < -0.4 is 4.90 Å². The van der Waals surface area contributed by atoms with Gasteiger partial charge in [-0.2, -0.15) is 0 Å². The molecule has 1 saturated heterocycles. The van der Waals surface area contributed by atoms with E-state index in [-0.39, 0.29) is 24.3 Å². The van der Waals surface area contributed by atoms with Crippen LogP contribution in [-0.2, 0) is 11.3 Å². The van der Waals surface area contributed by atoms with E-state index in [1.807, 2.05) is 16.8 Å². The predicted molar refractivity (Wildman–Crippen MR) is 105 cm³/mol. The highest BCUT2D eigenvalue weighted by Crippen LogP contribution is 2.26. The van der Waals surface area contributed by atoms with Crippen molar-refractivity contribution >= 4 is 18.1 Å². The van der Waals surface area contributed by atoms with E-state index in [0.29, 0.717) is 13.2 Å². The zero-order chi connectivity index (χ0) is 18.4. The molecule has 1 aliphatic heterocycles. The maximum absolute atomic E-state index is 13.1. The number of nitrogens with zero attached hydrogens (tertiary/aromatic N) is 6. The van der Waals surface area contributed by atoms with Gasteiger partial charge in [0.2, 0.25) is 0 Å². The van der Waals surface area contributed by atoms with Gasteiger partial charge >= 0.3 is 0 Å². The Hall–Kier alpha value is -1.77. The van der Waals surface area contributed by atoms with Crippen LogP contribution in [0.15, 0.2) is 24.3 Å². The van der Waals surface area contributed by atoms with Crippen molar-refractivity contribution in [2.24, 2.45) is 0 Å². The van der Waals surface area contributed by atoms with Crippen molar-refractivity contribution in [1.29, 1.82) is 0 Å². The van der Waals surface area contributed by atoms with E-state index in [2.05, 4.69) is 32.2 Å². The second kappa shape index (κ2) is 10.5. The van der Waals surface area contributed by atoms with E-state index in [1.54, 1.807) is 7.11 Å². The first-order valence-electron chi connectivity index (χ1n) is 9.22. The third kappa shape index (κ3) is 5.37. The van der Waals surface area contributed by atoms with Gasteiger partial charge in [-0.05, 0) is 41.1 Å². The average Bonchev–Trinajstić information content (AvgIpc) is 3.13. The molecule has 2 heterocycles. The summed E-state index contributed by atoms with van der Waals surface area (Å²) in [5, 5.41) is 12.3. The van der Waals surface area contributed by atoms with Crippen LogP contribution in [0.4, 0.5) is 10.1 Å². The molecule has 1 aromatic carbocycles. The fourth-order valence-corrected chi connectivity index (χ4v) is 3.48. The molecule has 0 N–H and O–H groups in total. The molecular formula is C18H28ClFN6O. The molecule has 150 valence electrons. The lowest BCUT2D eigenvalue weighted by Crippen LogP contribution is -2.48. The van der Waals surface area contributed by atoms with E-state index < -0.39 is 0 Å². The highest BCUT2D eigenvalue weighted by Gasteiger charge is 2.28. The minimum atomic E-state index is -0.196. The molecule has 9 heteroatoms. The fourth-order valence-electron chi connectivity index (χ4n) is 3.48. The van der Waals surface area contributed by atoms with Gasteiger partial charge in [0, 0.05) is 39.0 Å². The summed E-state index contributed by atoms with van der Waals surface area (Å²) in [5.74, 6) is 0.720. The molecule has 0 spiro atoms. The lowest BCUT2D eigenvalue weighted by Gasteiger charge is -2.39. The zero-order valence-corrected chi connectivity index (χ0v) is 16.7. The highest BCUT2D eigenvalue weighted by molar-refractivity contribution is 5.85. The van der Waals surface area contributed by atoms with E-state index >= 15 is 0 Å². The Kier molecular flexibility index (Phi) is 8.40. The topological polar surface area (TPSA) is 59.3 Å². The monoisotopic (exact) mass is 398 g/mol. The summed E-state index contributed by atoms with van der Waals surface area (Å²) in [6.45, 7) is 7.12. The molecule has 1 atom stereocenters. The van der Waals surface area contributed by atoms with Gasteiger partial charge in [0.15, 0.2) is 5.82 Å². The van der Waals surface area contributed by atoms with Gasteiger partial charge in [-0.3, -0.25) is 4.90 Å². The Bertz CT molecular complexity index is 675. The summed E-state index contributed by atoms with van der Waals surface area (Å²) in [7, 11) is 1.68. The maximum Gasteiger partial charge on any atom is 0.168 e. The van der Waals surface area contributed by atoms with Crippen LogP contribution in [0.3, 0.4) is 0 Å². The predicted octanol–water partition coefficient (Wildman–Crippen LogP) is 2.54. The van der Waals surface area contributed by atoms with Crippen molar-refractivity contribution in [3.63, 3.8) is 0 Å². The summed E-state index contributed by atoms with van der Waals surface area (Å²) in [6, 6.07) is 6.94. The number of hydrogen-bond donors (Lipinski definition) is 0. The number of anilines is 1. The van der Waals surface area contributed by atoms with Crippen LogP contribution in [0.2, 0.25) is 0 Å². The zero-order valence-electron chi connectivity index (χ0n) is 15.9. The summed E-state index contributed by atoms with van der Waals surface area (Å²) in [6.07, 6.45) is 2.09. The molecule has 3 rings (SSSR count). The minimum Gasteiger partial charge on any atom is -0.383 e. The van der Waals surface area contributed by atoms with Crippen molar-refractivity contribution in [2.45, 2.75) is 32.4 Å². The average molecular weight is 399 g/mol. The van der Waals surface area contributed by atoms with Crippen molar-refractivity contribution in [3.8, 4) is 0 Å². The molecular weight excluding hydrogens is 371 g/mol. The van der Waals surface area contributed by atoms with Gasteiger partial charge in [-0.25, -0.2) is 9.07 Å². The van der Waals surface area contributed by atoms with E-state index in [9.17, 15) is 4.39 Å². The van der Waals surface area contributed by atoms with Crippen LogP contribution in [0.25, 0.3) is 0 Å². The lowest BCUT2D eigenvalue weighted by atomic mass is 10.1. The Morgan fingerprint density at radius 1 is 1.15 bits per heavy atom. The molecule has 0 bridgehead atoms. The first-order valence-corrected chi connectivity index (χ1v) is 9.22. The number of tetrazole rings is 1. The second-order valence-corrected chi connectivity index (χ2v) is 6.56. The molecule has 0 aliphatic carbocycles. The molecule has 0 amide bonds. The summed E-state index contributed by atoms with van der Waals surface area (Å²) in [4.78, 5) is 4.76. The quantitative estimate of drug-likeness (QED) is 0.681. The van der Waals surface area contributed by atoms with Crippen LogP contribution in [0.5, 0.6) is 0 Å². The van der Waals surface area contributed by atoms with Gasteiger partial charge in [-0.15, -0.1) is 17.5 Å². The number of aromatic nitrogens is 4. The molecule has 27 heavy (non-hydrogen) atoms. The SMILES string of the molecule is CCCC(c1nnnn1CCOC)N1CCN(c2ccc(F)cc2)CC1.Cl. The first kappa shape index (κ1) is 21.5. The van der Waals surface area contributed by atoms with E-state index in [0.717, 1.165) is 50.5 Å². The summed E-state index contributed by atoms with van der Waals surface area (Å²) >= 11 is 0. The molecule has 1 fully saturated rings. The number of halogens is 2. The molecule has 1 aliphatic rings. The van der Waals surface area contributed by atoms with Gasteiger partial charge in [-0.1, -0.05) is 13.3 Å². The van der Waals surface area contributed by atoms with Crippen LogP contribution >= 0.6 is 12.4 Å². The normalized spacial score (nSPS) is 16.2. The number of benzene rings is 1. The number of rotatable bonds is 8. The van der Waals surface area contributed by atoms with E-state index in [4.69, 9.17) is 4.74 Å². The molecule has 1 unspecified atom stereocenters. The number of ether oxygens (including phenoxy) is 1. The van der Waals surface area contributed by atoms with Crippen molar-refractivity contribution in [2.75, 3.05) is 44.8 Å². The summed E-state index contributed by atoms with van der Waals surface area (Å²) in [5.41, 5.74) is 1.07. The number of hydrogen-bond acceptors (Lipinski definition) is 6. The van der Waals surface area contributed by atoms with Crippen LogP contribution in [-0.4, -0.2) is 65.0 Å². The van der Waals surface area contributed by atoms with Gasteiger partial charge < -0.3 is 9.64 Å². The van der Waals surface area contributed by atoms with Crippen molar-refractivity contribution < 1.29 is 9.13 Å². The number of methoxy groups -OCH3 is 1. The smallest absolute Gasteiger partial charge is 0.168 e. The molecule has 1 aromatic heterocycles. The summed E-state index contributed by atoms with van der Waals surface area (Å²) < 4.78 is 20.2. The van der Waals surface area contributed by atoms with Crippen molar-refractivity contribution in [3.05, 3.63) is 35.9 Å². The second-order valence-electron chi connectivity index (χ2n) is 6.56. The molecule has 0 saturated carbocycles. The van der Waals surface area contributed by atoms with E-state index in [1.165, 1.54) is 12.1 Å². The largest absolute Gasteiger partial charge is 0.383 e. The van der Waals surface area contributed by atoms with Crippen molar-refractivity contribution in [1.82, 2.24) is 25.1 Å². The fraction of sp³-hybridized carbons (Fsp3) is 0.611. The van der Waals surface area contributed by atoms with Gasteiger partial charge in [0.05, 0.1) is 19.2 Å². The number of piperazine rings is 1. The molecule has 0 radical (unpaired) electrons. The first-order chi connectivity index (χ1) is 12.7. The molecule has 7 nitrogen and oxygen atoms in total. The Labute approximate surface area is 165 Å². The maximum atomic E-state index is 13.1. The van der Waals surface area contributed by atoms with Crippen LogP contribution in [0, 0.1) is 5.82 Å². The third-order valence-electron chi connectivity index (χ3n) is 4.87. The lowest BCUT2D eigenvalue weighted by molar-refractivity contribution is 0.153. The molecule has 2 aromatic rings. The third-order valence-corrected chi connectivity index (χ3v) is 4.87. The highest BCUT2D eigenvalue weighted by atomic mass is 35.5. The Morgan fingerprint density at radius 2 is 1.85 bits per heavy atom. The van der Waals surface area contributed by atoms with Crippen LogP contribution in [0.1, 0.15) is 31.6 Å². The van der Waals surface area contributed by atoms with Gasteiger partial charge in [0.1, 0.15) is 5.82 Å². The Balaban J connectivity index is 0.00000261. The Morgan fingerprint density at radius 3 is 2.48 bits per heavy atom.